The molecular formula is C19H22ClN3O2S. The zero-order valence-electron chi connectivity index (χ0n) is 14.5. The van der Waals surface area contributed by atoms with Crippen molar-refractivity contribution in [3.8, 4) is 0 Å². The van der Waals surface area contributed by atoms with Crippen molar-refractivity contribution in [2.75, 3.05) is 25.0 Å². The average Bonchev–Trinajstić information content (AvgIpc) is 2.66. The van der Waals surface area contributed by atoms with Crippen LogP contribution in [0.2, 0.25) is 5.02 Å². The summed E-state index contributed by atoms with van der Waals surface area (Å²) in [5.41, 5.74) is 0.888. The molecule has 3 rings (SSSR count). The number of carbonyl (C=O) groups is 1. The fourth-order valence-corrected chi connectivity index (χ4v) is 3.93. The van der Waals surface area contributed by atoms with Gasteiger partial charge in [-0.2, -0.15) is 0 Å². The Bertz CT molecular complexity index is 724. The minimum Gasteiger partial charge on any atom is -0.367 e. The number of halogens is 1. The predicted molar refractivity (Wildman–Crippen MR) is 105 cm³/mol. The van der Waals surface area contributed by atoms with Crippen LogP contribution in [0.4, 0.5) is 5.82 Å². The van der Waals surface area contributed by atoms with Crippen molar-refractivity contribution in [3.05, 3.63) is 53.2 Å². The van der Waals surface area contributed by atoms with E-state index >= 15 is 0 Å². The molecule has 1 aliphatic heterocycles. The molecule has 0 spiro atoms. The van der Waals surface area contributed by atoms with Crippen LogP contribution in [-0.2, 0) is 16.1 Å². The average molecular weight is 392 g/mol. The first-order valence-corrected chi connectivity index (χ1v) is 9.86. The van der Waals surface area contributed by atoms with E-state index in [9.17, 15) is 4.79 Å². The van der Waals surface area contributed by atoms with Crippen molar-refractivity contribution < 1.29 is 9.53 Å². The fraction of sp³-hybridized carbons (Fsp3) is 0.368. The van der Waals surface area contributed by atoms with E-state index in [1.165, 1.54) is 19.3 Å². The maximum absolute atomic E-state index is 11.9. The Kier molecular flexibility index (Phi) is 7.32. The summed E-state index contributed by atoms with van der Waals surface area (Å²) in [6.45, 7) is 2.49. The van der Waals surface area contributed by atoms with Gasteiger partial charge in [0.1, 0.15) is 12.4 Å². The number of anilines is 1. The van der Waals surface area contributed by atoms with Crippen molar-refractivity contribution in [1.29, 1.82) is 0 Å². The summed E-state index contributed by atoms with van der Waals surface area (Å²) in [5, 5.41) is 3.34. The minimum atomic E-state index is -0.237. The van der Waals surface area contributed by atoms with Crippen LogP contribution in [0, 0.1) is 0 Å². The molecule has 2 heterocycles. The Hall–Kier alpha value is -1.60. The standard InChI is InChI=1S/C19H22ClN3O2S/c20-17-8-7-16(26-23-10-4-1-5-11-23)12-15(17)13-25-14-19(24)22-18-6-2-3-9-21-18/h2-3,6-9,12H,1,4-5,10-11,13-14H2,(H,21,22,24). The molecule has 1 saturated heterocycles. The van der Waals surface area contributed by atoms with Gasteiger partial charge in [-0.15, -0.1) is 0 Å². The summed E-state index contributed by atoms with van der Waals surface area (Å²) in [6.07, 6.45) is 5.45. The SMILES string of the molecule is O=C(COCc1cc(SN2CCCCC2)ccc1Cl)Nc1ccccn1. The van der Waals surface area contributed by atoms with Crippen molar-refractivity contribution in [2.45, 2.75) is 30.8 Å². The molecular weight excluding hydrogens is 370 g/mol. The molecule has 1 amide bonds. The number of hydrogen-bond acceptors (Lipinski definition) is 5. The Morgan fingerprint density at radius 3 is 2.85 bits per heavy atom. The zero-order valence-corrected chi connectivity index (χ0v) is 16.1. The monoisotopic (exact) mass is 391 g/mol. The number of nitrogens with one attached hydrogen (secondary N) is 1. The maximum Gasteiger partial charge on any atom is 0.251 e. The lowest BCUT2D eigenvalue weighted by molar-refractivity contribution is -0.121. The van der Waals surface area contributed by atoms with Crippen molar-refractivity contribution in [1.82, 2.24) is 9.29 Å². The van der Waals surface area contributed by atoms with E-state index < -0.39 is 0 Å². The van der Waals surface area contributed by atoms with Gasteiger partial charge < -0.3 is 10.1 Å². The number of pyridine rings is 1. The molecule has 1 N–H and O–H groups in total. The largest absolute Gasteiger partial charge is 0.367 e. The normalized spacial score (nSPS) is 15.0. The Morgan fingerprint density at radius 1 is 1.23 bits per heavy atom. The molecule has 5 nitrogen and oxygen atoms in total. The van der Waals surface area contributed by atoms with Gasteiger partial charge in [0.15, 0.2) is 0 Å². The quantitative estimate of drug-likeness (QED) is 0.709. The van der Waals surface area contributed by atoms with Crippen LogP contribution in [0.15, 0.2) is 47.5 Å². The third-order valence-corrected chi connectivity index (χ3v) is 5.45. The van der Waals surface area contributed by atoms with E-state index in [1.807, 2.05) is 24.3 Å². The van der Waals surface area contributed by atoms with Gasteiger partial charge in [0.05, 0.1) is 6.61 Å². The number of nitrogens with zero attached hydrogens (tertiary/aromatic N) is 2. The van der Waals surface area contributed by atoms with Crippen molar-refractivity contribution >= 4 is 35.3 Å². The summed E-state index contributed by atoms with van der Waals surface area (Å²) >= 11 is 8.03. The third-order valence-electron chi connectivity index (χ3n) is 3.99. The second kappa shape index (κ2) is 9.92. The molecule has 0 aliphatic carbocycles. The highest BCUT2D eigenvalue weighted by atomic mass is 35.5. The molecule has 0 bridgehead atoms. The van der Waals surface area contributed by atoms with E-state index in [4.69, 9.17) is 16.3 Å². The first kappa shape index (κ1) is 19.2. The van der Waals surface area contributed by atoms with Gasteiger partial charge in [0.2, 0.25) is 0 Å². The Balaban J connectivity index is 1.49. The molecule has 0 saturated carbocycles. The van der Waals surface area contributed by atoms with Gasteiger partial charge in [-0.05, 0) is 60.7 Å². The van der Waals surface area contributed by atoms with E-state index in [0.29, 0.717) is 17.4 Å². The number of ether oxygens (including phenoxy) is 1. The van der Waals surface area contributed by atoms with Crippen LogP contribution < -0.4 is 5.32 Å². The van der Waals surface area contributed by atoms with Gasteiger partial charge >= 0.3 is 0 Å². The van der Waals surface area contributed by atoms with Gasteiger partial charge in [-0.1, -0.05) is 24.1 Å². The molecule has 1 aliphatic rings. The van der Waals surface area contributed by atoms with E-state index in [1.54, 1.807) is 30.3 Å². The number of carbonyl (C=O) groups excluding carboxylic acids is 1. The fourth-order valence-electron chi connectivity index (χ4n) is 2.69. The number of hydrogen-bond donors (Lipinski definition) is 1. The van der Waals surface area contributed by atoms with Crippen LogP contribution in [0.1, 0.15) is 24.8 Å². The van der Waals surface area contributed by atoms with E-state index in [2.05, 4.69) is 14.6 Å². The lowest BCUT2D eigenvalue weighted by Gasteiger charge is -2.25. The molecule has 0 radical (unpaired) electrons. The summed E-state index contributed by atoms with van der Waals surface area (Å²) < 4.78 is 7.92. The molecule has 0 atom stereocenters. The summed E-state index contributed by atoms with van der Waals surface area (Å²) in [4.78, 5) is 17.1. The number of benzene rings is 1. The smallest absolute Gasteiger partial charge is 0.251 e. The van der Waals surface area contributed by atoms with Crippen molar-refractivity contribution in [3.63, 3.8) is 0 Å². The molecule has 0 unspecified atom stereocenters. The van der Waals surface area contributed by atoms with Crippen molar-refractivity contribution in [2.24, 2.45) is 0 Å². The molecule has 1 aromatic carbocycles. The maximum atomic E-state index is 11.9. The van der Waals surface area contributed by atoms with Gasteiger partial charge in [-0.25, -0.2) is 9.29 Å². The second-order valence-corrected chi connectivity index (χ2v) is 7.67. The predicted octanol–water partition coefficient (Wildman–Crippen LogP) is 4.38. The van der Waals surface area contributed by atoms with Crippen LogP contribution >= 0.6 is 23.5 Å². The third kappa shape index (κ3) is 5.99. The summed E-state index contributed by atoms with van der Waals surface area (Å²) in [6, 6.07) is 11.3. The first-order valence-electron chi connectivity index (χ1n) is 8.71. The minimum absolute atomic E-state index is 0.0452. The molecule has 1 aromatic heterocycles. The van der Waals surface area contributed by atoms with Crippen LogP contribution in [0.25, 0.3) is 0 Å². The van der Waals surface area contributed by atoms with Gasteiger partial charge in [0.25, 0.3) is 5.91 Å². The highest BCUT2D eigenvalue weighted by Gasteiger charge is 2.13. The van der Waals surface area contributed by atoms with E-state index in [-0.39, 0.29) is 12.5 Å². The second-order valence-electron chi connectivity index (χ2n) is 6.09. The topological polar surface area (TPSA) is 54.5 Å². The lowest BCUT2D eigenvalue weighted by Crippen LogP contribution is -2.22. The number of rotatable bonds is 7. The van der Waals surface area contributed by atoms with Gasteiger partial charge in [-0.3, -0.25) is 4.79 Å². The Labute approximate surface area is 163 Å². The van der Waals surface area contributed by atoms with Crippen LogP contribution in [0.5, 0.6) is 0 Å². The molecule has 138 valence electrons. The number of amides is 1. The molecule has 1 fully saturated rings. The number of aromatic nitrogens is 1. The molecule has 7 heteroatoms. The Morgan fingerprint density at radius 2 is 2.08 bits per heavy atom. The van der Waals surface area contributed by atoms with Gasteiger partial charge in [0, 0.05) is 29.2 Å². The molecule has 26 heavy (non-hydrogen) atoms. The van der Waals surface area contributed by atoms with Crippen LogP contribution in [-0.4, -0.2) is 34.9 Å². The number of piperidine rings is 1. The zero-order chi connectivity index (χ0) is 18.2. The van der Waals surface area contributed by atoms with E-state index in [0.717, 1.165) is 23.5 Å². The molecule has 2 aromatic rings. The highest BCUT2D eigenvalue weighted by Crippen LogP contribution is 2.29. The highest BCUT2D eigenvalue weighted by molar-refractivity contribution is 7.97. The summed E-state index contributed by atoms with van der Waals surface area (Å²) in [7, 11) is 0. The lowest BCUT2D eigenvalue weighted by atomic mass is 10.2. The summed E-state index contributed by atoms with van der Waals surface area (Å²) in [5.74, 6) is 0.276. The van der Waals surface area contributed by atoms with Crippen LogP contribution in [0.3, 0.4) is 0 Å². The first-order chi connectivity index (χ1) is 12.7.